The number of halogens is 2. The van der Waals surface area contributed by atoms with Crippen LogP contribution in [-0.2, 0) is 6.61 Å². The summed E-state index contributed by atoms with van der Waals surface area (Å²) >= 11 is 7.87. The molecule has 0 saturated heterocycles. The van der Waals surface area contributed by atoms with Crippen molar-refractivity contribution in [3.8, 4) is 5.75 Å². The van der Waals surface area contributed by atoms with Gasteiger partial charge in [0.05, 0.1) is 17.0 Å². The molecule has 5 aromatic rings. The summed E-state index contributed by atoms with van der Waals surface area (Å²) < 4.78 is 20.0. The Morgan fingerprint density at radius 1 is 1.06 bits per heavy atom. The van der Waals surface area contributed by atoms with Gasteiger partial charge in [-0.25, -0.2) is 14.4 Å². The number of hydrogen-bond acceptors (Lipinski definition) is 8. The van der Waals surface area contributed by atoms with Gasteiger partial charge in [-0.05, 0) is 47.5 Å². The second-order valence-corrected chi connectivity index (χ2v) is 9.58. The summed E-state index contributed by atoms with van der Waals surface area (Å²) in [5.74, 6) is 0.727. The molecule has 0 unspecified atom stereocenters. The van der Waals surface area contributed by atoms with Crippen molar-refractivity contribution in [2.24, 2.45) is 0 Å². The van der Waals surface area contributed by atoms with Gasteiger partial charge in [0.2, 0.25) is 0 Å². The predicted octanol–water partition coefficient (Wildman–Crippen LogP) is 5.35. The molecular formula is C26H21ClFN3O4S. The SMILES string of the molecule is OC[C@@H](O)[C@H](O)c1ccc2c(c1)sc1ncnc(Nc3ccc(OCc4cccc(F)c4)c(Cl)c3)c12. The van der Waals surface area contributed by atoms with Crippen LogP contribution in [0.2, 0.25) is 5.02 Å². The molecule has 7 nitrogen and oxygen atoms in total. The van der Waals surface area contributed by atoms with E-state index in [2.05, 4.69) is 15.3 Å². The molecule has 0 aliphatic rings. The van der Waals surface area contributed by atoms with Crippen molar-refractivity contribution < 1.29 is 24.4 Å². The summed E-state index contributed by atoms with van der Waals surface area (Å²) in [6, 6.07) is 16.8. The molecular weight excluding hydrogens is 505 g/mol. The highest BCUT2D eigenvalue weighted by Crippen LogP contribution is 2.39. The first-order valence-corrected chi connectivity index (χ1v) is 12.2. The van der Waals surface area contributed by atoms with Crippen molar-refractivity contribution in [1.82, 2.24) is 9.97 Å². The van der Waals surface area contributed by atoms with Crippen molar-refractivity contribution in [1.29, 1.82) is 0 Å². The molecule has 10 heteroatoms. The lowest BCUT2D eigenvalue weighted by molar-refractivity contribution is -0.0151. The van der Waals surface area contributed by atoms with Crippen LogP contribution < -0.4 is 10.1 Å². The predicted molar refractivity (Wildman–Crippen MR) is 138 cm³/mol. The maximum atomic E-state index is 13.4. The van der Waals surface area contributed by atoms with E-state index in [4.69, 9.17) is 21.4 Å². The minimum absolute atomic E-state index is 0.184. The van der Waals surface area contributed by atoms with Crippen LogP contribution in [-0.4, -0.2) is 38.0 Å². The molecule has 0 fully saturated rings. The number of aliphatic hydroxyl groups excluding tert-OH is 3. The number of fused-ring (bicyclic) bond motifs is 3. The molecule has 2 aromatic heterocycles. The maximum absolute atomic E-state index is 13.4. The molecule has 0 aliphatic heterocycles. The highest BCUT2D eigenvalue weighted by Gasteiger charge is 2.19. The fourth-order valence-electron chi connectivity index (χ4n) is 3.84. The Bertz CT molecular complexity index is 1550. The van der Waals surface area contributed by atoms with Crippen LogP contribution in [0, 0.1) is 5.82 Å². The number of aliphatic hydroxyl groups is 3. The third-order valence-corrected chi connectivity index (χ3v) is 7.02. The van der Waals surface area contributed by atoms with Gasteiger partial charge in [-0.1, -0.05) is 35.9 Å². The van der Waals surface area contributed by atoms with Gasteiger partial charge in [0.25, 0.3) is 0 Å². The summed E-state index contributed by atoms with van der Waals surface area (Å²) in [5.41, 5.74) is 1.89. The Hall–Kier alpha value is -3.34. The minimum atomic E-state index is -1.26. The van der Waals surface area contributed by atoms with Crippen molar-refractivity contribution >= 4 is 54.7 Å². The first kappa shape index (κ1) is 24.4. The van der Waals surface area contributed by atoms with Crippen LogP contribution in [0.15, 0.2) is 67.0 Å². The first-order chi connectivity index (χ1) is 17.4. The quantitative estimate of drug-likeness (QED) is 0.216. The number of thiophene rings is 1. The van der Waals surface area contributed by atoms with Gasteiger partial charge < -0.3 is 25.4 Å². The van der Waals surface area contributed by atoms with Gasteiger partial charge in [0, 0.05) is 15.8 Å². The average Bonchev–Trinajstić information content (AvgIpc) is 3.26. The number of ether oxygens (including phenoxy) is 1. The number of anilines is 2. The standard InChI is InChI=1S/C26H21ClFN3O4S/c27-19-10-17(5-7-21(19)35-12-14-2-1-3-16(28)8-14)31-25-23-18-6-4-15(24(34)20(33)11-32)9-22(18)36-26(23)30-13-29-25/h1-10,13,20,24,32-34H,11-12H2,(H,29,30,31)/t20-,24-/m1/s1. The van der Waals surface area contributed by atoms with Gasteiger partial charge in [-0.2, -0.15) is 0 Å². The fourth-order valence-corrected chi connectivity index (χ4v) is 5.17. The van der Waals surface area contributed by atoms with E-state index in [0.717, 1.165) is 20.3 Å². The molecule has 0 saturated carbocycles. The van der Waals surface area contributed by atoms with Gasteiger partial charge in [-0.15, -0.1) is 11.3 Å². The Morgan fingerprint density at radius 2 is 1.92 bits per heavy atom. The monoisotopic (exact) mass is 525 g/mol. The fraction of sp³-hybridized carbons (Fsp3) is 0.154. The summed E-state index contributed by atoms with van der Waals surface area (Å²) in [4.78, 5) is 9.54. The molecule has 36 heavy (non-hydrogen) atoms. The van der Waals surface area contributed by atoms with Crippen LogP contribution >= 0.6 is 22.9 Å². The van der Waals surface area contributed by atoms with E-state index in [-0.39, 0.29) is 12.4 Å². The number of nitrogens with zero attached hydrogens (tertiary/aromatic N) is 2. The number of benzene rings is 3. The summed E-state index contributed by atoms with van der Waals surface area (Å²) in [6.07, 6.45) is -1.000. The largest absolute Gasteiger partial charge is 0.487 e. The van der Waals surface area contributed by atoms with Crippen LogP contribution in [0.3, 0.4) is 0 Å². The van der Waals surface area contributed by atoms with E-state index in [9.17, 15) is 14.6 Å². The van der Waals surface area contributed by atoms with E-state index in [0.29, 0.717) is 33.4 Å². The van der Waals surface area contributed by atoms with E-state index >= 15 is 0 Å². The number of aromatic nitrogens is 2. The minimum Gasteiger partial charge on any atom is -0.487 e. The van der Waals surface area contributed by atoms with E-state index in [1.54, 1.807) is 42.5 Å². The lowest BCUT2D eigenvalue weighted by Crippen LogP contribution is -2.21. The summed E-state index contributed by atoms with van der Waals surface area (Å²) in [6.45, 7) is -0.355. The Kier molecular flexibility index (Phi) is 6.99. The number of rotatable bonds is 8. The molecule has 0 spiro atoms. The van der Waals surface area contributed by atoms with E-state index in [1.807, 2.05) is 6.07 Å². The topological polar surface area (TPSA) is 108 Å². The van der Waals surface area contributed by atoms with Gasteiger partial charge in [-0.3, -0.25) is 0 Å². The number of nitrogens with one attached hydrogen (secondary N) is 1. The zero-order valence-electron chi connectivity index (χ0n) is 18.7. The molecule has 4 N–H and O–H groups in total. The summed E-state index contributed by atoms with van der Waals surface area (Å²) in [5, 5.41) is 34.5. The first-order valence-electron chi connectivity index (χ1n) is 11.0. The molecule has 5 rings (SSSR count). The van der Waals surface area contributed by atoms with Crippen molar-refractivity contribution in [2.45, 2.75) is 18.8 Å². The molecule has 184 valence electrons. The third-order valence-electron chi connectivity index (χ3n) is 5.67. The number of hydrogen-bond donors (Lipinski definition) is 4. The van der Waals surface area contributed by atoms with Gasteiger partial charge in [0.1, 0.15) is 47.4 Å². The average molecular weight is 526 g/mol. The Balaban J connectivity index is 1.40. The van der Waals surface area contributed by atoms with Crippen LogP contribution in [0.4, 0.5) is 15.9 Å². The molecule has 0 radical (unpaired) electrons. The zero-order chi connectivity index (χ0) is 25.2. The van der Waals surface area contributed by atoms with Crippen molar-refractivity contribution in [3.63, 3.8) is 0 Å². The van der Waals surface area contributed by atoms with Gasteiger partial charge in [0.15, 0.2) is 0 Å². The molecule has 0 aliphatic carbocycles. The molecule has 0 amide bonds. The second kappa shape index (κ2) is 10.3. The van der Waals surface area contributed by atoms with E-state index in [1.165, 1.54) is 29.8 Å². The lowest BCUT2D eigenvalue weighted by atomic mass is 10.0. The van der Waals surface area contributed by atoms with E-state index < -0.39 is 18.8 Å². The van der Waals surface area contributed by atoms with Crippen molar-refractivity contribution in [2.75, 3.05) is 11.9 Å². The van der Waals surface area contributed by atoms with Crippen LogP contribution in [0.25, 0.3) is 20.3 Å². The highest BCUT2D eigenvalue weighted by molar-refractivity contribution is 7.25. The smallest absolute Gasteiger partial charge is 0.143 e. The summed E-state index contributed by atoms with van der Waals surface area (Å²) in [7, 11) is 0. The second-order valence-electron chi connectivity index (χ2n) is 8.14. The van der Waals surface area contributed by atoms with Gasteiger partial charge >= 0.3 is 0 Å². The molecule has 0 bridgehead atoms. The Labute approximate surface area is 214 Å². The van der Waals surface area contributed by atoms with Crippen LogP contribution in [0.1, 0.15) is 17.2 Å². The normalized spacial score (nSPS) is 13.1. The Morgan fingerprint density at radius 3 is 2.69 bits per heavy atom. The zero-order valence-corrected chi connectivity index (χ0v) is 20.3. The molecule has 2 heterocycles. The third kappa shape index (κ3) is 4.97. The molecule has 2 atom stereocenters. The van der Waals surface area contributed by atoms with Crippen molar-refractivity contribution in [3.05, 3.63) is 89.0 Å². The maximum Gasteiger partial charge on any atom is 0.143 e. The lowest BCUT2D eigenvalue weighted by Gasteiger charge is -2.15. The highest BCUT2D eigenvalue weighted by atomic mass is 35.5. The van der Waals surface area contributed by atoms with Crippen LogP contribution in [0.5, 0.6) is 5.75 Å². The molecule has 3 aromatic carbocycles.